The molecule has 4 atom stereocenters. The lowest BCUT2D eigenvalue weighted by atomic mass is 9.84. The van der Waals surface area contributed by atoms with E-state index in [1.165, 1.54) is 46.9 Å². The van der Waals surface area contributed by atoms with Crippen LogP contribution in [0.2, 0.25) is 5.02 Å². The van der Waals surface area contributed by atoms with E-state index >= 15 is 8.78 Å². The largest absolute Gasteiger partial charge is 0.368 e. The van der Waals surface area contributed by atoms with Crippen molar-refractivity contribution in [3.05, 3.63) is 110 Å². The van der Waals surface area contributed by atoms with E-state index in [1.807, 2.05) is 0 Å². The molecule has 61 heavy (non-hydrogen) atoms. The number of H-pyrrole nitrogens is 1. The zero-order chi connectivity index (χ0) is 44.1. The summed E-state index contributed by atoms with van der Waals surface area (Å²) in [6.07, 6.45) is -1.84. The fourth-order valence-corrected chi connectivity index (χ4v) is 9.00. The Kier molecular flexibility index (Phi) is 9.89. The summed E-state index contributed by atoms with van der Waals surface area (Å²) in [6.45, 7) is 3.21. The quantitative estimate of drug-likeness (QED) is 0.104. The molecule has 1 unspecified atom stereocenters. The smallest absolute Gasteiger partial charge is 0.344 e. The maximum atomic E-state index is 16.2. The molecule has 4 aromatic heterocycles. The molecule has 8 rings (SSSR count). The topological polar surface area (TPSA) is 188 Å². The van der Waals surface area contributed by atoms with Gasteiger partial charge >= 0.3 is 5.69 Å². The molecule has 1 amide bonds. The molecular formula is C39H33ClF6N10O4S. The van der Waals surface area contributed by atoms with E-state index in [0.717, 1.165) is 18.4 Å². The number of pyridine rings is 1. The second-order valence-corrected chi connectivity index (χ2v) is 17.7. The van der Waals surface area contributed by atoms with Gasteiger partial charge in [-0.15, -0.1) is 0 Å². The number of nitrogens with one attached hydrogen (secondary N) is 2. The first-order valence-corrected chi connectivity index (χ1v) is 20.7. The van der Waals surface area contributed by atoms with E-state index in [9.17, 15) is 35.6 Å². The van der Waals surface area contributed by atoms with Gasteiger partial charge in [-0.25, -0.2) is 45.5 Å². The molecule has 4 heterocycles. The average molecular weight is 887 g/mol. The highest BCUT2D eigenvalue weighted by Gasteiger charge is 2.67. The van der Waals surface area contributed by atoms with Crippen molar-refractivity contribution in [3.63, 3.8) is 0 Å². The Morgan fingerprint density at radius 3 is 2.41 bits per heavy atom. The number of amides is 1. The van der Waals surface area contributed by atoms with Gasteiger partial charge in [0.2, 0.25) is 15.9 Å². The number of aromatic amines is 1. The number of aryl methyl sites for hydroxylation is 1. The maximum absolute atomic E-state index is 16.2. The lowest BCUT2D eigenvalue weighted by Crippen LogP contribution is -2.37. The van der Waals surface area contributed by atoms with Crippen molar-refractivity contribution >= 4 is 44.3 Å². The van der Waals surface area contributed by atoms with E-state index in [0.29, 0.717) is 10.7 Å². The van der Waals surface area contributed by atoms with Crippen LogP contribution >= 0.6 is 11.6 Å². The van der Waals surface area contributed by atoms with Gasteiger partial charge in [-0.3, -0.25) is 18.8 Å². The monoisotopic (exact) mass is 886 g/mol. The highest BCUT2D eigenvalue weighted by molar-refractivity contribution is 7.92. The Morgan fingerprint density at radius 2 is 1.79 bits per heavy atom. The van der Waals surface area contributed by atoms with Crippen molar-refractivity contribution in [1.29, 1.82) is 0 Å². The number of fused-ring (bicyclic) bond motifs is 4. The number of halogens is 7. The highest BCUT2D eigenvalue weighted by Crippen LogP contribution is 2.68. The number of nitrogens with two attached hydrogens (primary N) is 1. The summed E-state index contributed by atoms with van der Waals surface area (Å²) in [5.74, 6) is -5.33. The molecule has 318 valence electrons. The lowest BCUT2D eigenvalue weighted by molar-refractivity contribution is -0.122. The summed E-state index contributed by atoms with van der Waals surface area (Å²) in [7, 11) is -2.42. The summed E-state index contributed by atoms with van der Waals surface area (Å²) in [5.41, 5.74) is 2.29. The SMILES string of the molecule is Cn1nc(NS(C)(=O)=O)c2c(Cl)ccc(-c3ccc(C#CC(C)(C)n4cn[nH]c4=O)nc3[C@@H](Cc3cc(F)cc(F)c3)C(C(N)=O)n3nc(C(F)F)c4c3C(F)(F)[C@@H]3C[C@H]43)c21. The second-order valence-electron chi connectivity index (χ2n) is 15.5. The van der Waals surface area contributed by atoms with Gasteiger partial charge in [0.25, 0.3) is 12.3 Å². The molecule has 2 aliphatic rings. The molecule has 0 bridgehead atoms. The van der Waals surface area contributed by atoms with E-state index < -0.39 is 98.3 Å². The van der Waals surface area contributed by atoms with Crippen molar-refractivity contribution in [1.82, 2.24) is 39.3 Å². The molecule has 22 heteroatoms. The molecule has 0 saturated heterocycles. The Labute approximate surface area is 347 Å². The van der Waals surface area contributed by atoms with Crippen molar-refractivity contribution in [2.45, 2.75) is 62.5 Å². The number of hydrogen-bond donors (Lipinski definition) is 3. The van der Waals surface area contributed by atoms with E-state index in [4.69, 9.17) is 22.3 Å². The second kappa shape index (κ2) is 14.5. The zero-order valence-corrected chi connectivity index (χ0v) is 33.9. The van der Waals surface area contributed by atoms with Gasteiger partial charge in [0.05, 0.1) is 27.9 Å². The van der Waals surface area contributed by atoms with Crippen LogP contribution in [-0.4, -0.2) is 59.9 Å². The van der Waals surface area contributed by atoms with Crippen LogP contribution in [0.15, 0.2) is 53.6 Å². The van der Waals surface area contributed by atoms with Crippen LogP contribution in [0.1, 0.15) is 78.5 Å². The number of anilines is 1. The highest BCUT2D eigenvalue weighted by atomic mass is 35.5. The van der Waals surface area contributed by atoms with Crippen LogP contribution in [0.3, 0.4) is 0 Å². The van der Waals surface area contributed by atoms with Gasteiger partial charge in [0, 0.05) is 41.6 Å². The number of carbonyl (C=O) groups is 1. The number of benzene rings is 2. The average Bonchev–Trinajstić information content (AvgIpc) is 3.37. The van der Waals surface area contributed by atoms with Crippen LogP contribution in [0, 0.1) is 29.4 Å². The van der Waals surface area contributed by atoms with Gasteiger partial charge in [0.1, 0.15) is 46.6 Å². The van der Waals surface area contributed by atoms with Gasteiger partial charge in [-0.2, -0.15) is 24.1 Å². The van der Waals surface area contributed by atoms with Gasteiger partial charge in [-0.05, 0) is 74.4 Å². The number of primary amides is 1. The molecular weight excluding hydrogens is 854 g/mol. The Balaban J connectivity index is 1.43. The Morgan fingerprint density at radius 1 is 1.10 bits per heavy atom. The van der Waals surface area contributed by atoms with Crippen molar-refractivity contribution < 1.29 is 39.6 Å². The Bertz CT molecular complexity index is 3020. The molecule has 2 aliphatic carbocycles. The molecule has 1 saturated carbocycles. The number of nitrogens with zero attached hydrogens (tertiary/aromatic N) is 7. The first-order valence-electron chi connectivity index (χ1n) is 18.4. The third-order valence-corrected chi connectivity index (χ3v) is 11.8. The first kappa shape index (κ1) is 41.6. The molecule has 0 spiro atoms. The van der Waals surface area contributed by atoms with Crippen LogP contribution in [0.5, 0.6) is 0 Å². The summed E-state index contributed by atoms with van der Waals surface area (Å²) >= 11 is 6.63. The summed E-state index contributed by atoms with van der Waals surface area (Å²) in [6, 6.07) is 6.29. The number of aromatic nitrogens is 8. The zero-order valence-electron chi connectivity index (χ0n) is 32.3. The molecule has 14 nitrogen and oxygen atoms in total. The molecule has 2 aromatic carbocycles. The minimum absolute atomic E-state index is 0.0257. The summed E-state index contributed by atoms with van der Waals surface area (Å²) in [4.78, 5) is 31.2. The number of alkyl halides is 4. The van der Waals surface area contributed by atoms with Gasteiger partial charge in [-0.1, -0.05) is 23.6 Å². The van der Waals surface area contributed by atoms with Crippen molar-refractivity contribution in [2.75, 3.05) is 11.0 Å². The van der Waals surface area contributed by atoms with E-state index in [1.54, 1.807) is 13.8 Å². The number of carbonyl (C=O) groups excluding carboxylic acids is 1. The van der Waals surface area contributed by atoms with Gasteiger partial charge in [0.15, 0.2) is 5.82 Å². The minimum atomic E-state index is -3.90. The third kappa shape index (κ3) is 7.30. The normalized spacial score (nSPS) is 17.8. The fraction of sp³-hybridized carbons (Fsp3) is 0.333. The standard InChI is InChI=1S/C39H33ClF6N10O4S/c1-38(2,55-16-48-50-37(55)58)10-9-20-5-6-21(22-7-8-26(40)28-31(22)54(3)52-36(28)53-61(4,59)60)29(49-20)24(13-17-11-18(41)14-19(42)12-17)32(35(47)57)56-33-27(30(51-56)34(43)44)23-15-25(23)39(33,45)46/h5-8,11-12,14,16,23-25,32,34H,13,15H2,1-4H3,(H2,47,57)(H,50,58)(H,52,53)/t23-,24+,25+,32?/m0/s1. The van der Waals surface area contributed by atoms with Crippen LogP contribution < -0.4 is 16.1 Å². The van der Waals surface area contributed by atoms with E-state index in [2.05, 4.69) is 37.0 Å². The van der Waals surface area contributed by atoms with Crippen molar-refractivity contribution in [3.8, 4) is 23.0 Å². The van der Waals surface area contributed by atoms with E-state index in [-0.39, 0.29) is 56.2 Å². The predicted molar refractivity (Wildman–Crippen MR) is 209 cm³/mol. The predicted octanol–water partition coefficient (Wildman–Crippen LogP) is 6.01. The van der Waals surface area contributed by atoms with Crippen molar-refractivity contribution in [2.24, 2.45) is 18.7 Å². The fourth-order valence-electron chi connectivity index (χ4n) is 8.27. The number of hydrogen-bond acceptors (Lipinski definition) is 8. The summed E-state index contributed by atoms with van der Waals surface area (Å²) in [5, 5.41) is 14.5. The maximum Gasteiger partial charge on any atom is 0.344 e. The molecule has 0 aliphatic heterocycles. The first-order chi connectivity index (χ1) is 28.6. The molecule has 1 fully saturated rings. The Hall–Kier alpha value is -6.14. The van der Waals surface area contributed by atoms with Gasteiger partial charge < -0.3 is 5.73 Å². The van der Waals surface area contributed by atoms with Crippen LogP contribution in [-0.2, 0) is 39.7 Å². The number of rotatable bonds is 11. The molecule has 6 aromatic rings. The third-order valence-electron chi connectivity index (χ3n) is 10.9. The van der Waals surface area contributed by atoms with Crippen LogP contribution in [0.25, 0.3) is 22.0 Å². The number of sulfonamides is 1. The lowest BCUT2D eigenvalue weighted by Gasteiger charge is -2.29. The minimum Gasteiger partial charge on any atom is -0.368 e. The summed E-state index contributed by atoms with van der Waals surface area (Å²) < 4.78 is 121. The molecule has 4 N–H and O–H groups in total. The molecule has 0 radical (unpaired) electrons. The van der Waals surface area contributed by atoms with Crippen LogP contribution in [0.4, 0.5) is 32.2 Å².